The molecule has 0 bridgehead atoms. The smallest absolute Gasteiger partial charge is 0.248 e. The maximum atomic E-state index is 12.9. The summed E-state index contributed by atoms with van der Waals surface area (Å²) in [6, 6.07) is 13.3. The quantitative estimate of drug-likeness (QED) is 0.378. The average molecular weight is 442 g/mol. The van der Waals surface area contributed by atoms with Crippen LogP contribution in [-0.4, -0.2) is 18.9 Å². The summed E-state index contributed by atoms with van der Waals surface area (Å²) < 4.78 is 12.9. The second-order valence-electron chi connectivity index (χ2n) is 4.97. The van der Waals surface area contributed by atoms with Crippen LogP contribution in [0.5, 0.6) is 0 Å². The van der Waals surface area contributed by atoms with E-state index in [1.54, 1.807) is 31.3 Å². The minimum absolute atomic E-state index is 0. The van der Waals surface area contributed by atoms with Crippen LogP contribution in [0.3, 0.4) is 0 Å². The summed E-state index contributed by atoms with van der Waals surface area (Å²) in [5.41, 5.74) is 7.64. The Bertz CT molecular complexity index is 687. The molecule has 128 valence electrons. The van der Waals surface area contributed by atoms with Crippen molar-refractivity contribution < 1.29 is 9.18 Å². The summed E-state index contributed by atoms with van der Waals surface area (Å²) in [6.45, 7) is 1.10. The van der Waals surface area contributed by atoms with Crippen LogP contribution in [0.1, 0.15) is 21.5 Å². The number of aliphatic imine (C=N–C) groups is 1. The van der Waals surface area contributed by atoms with Crippen molar-refractivity contribution in [3.63, 3.8) is 0 Å². The largest absolute Gasteiger partial charge is 0.366 e. The topological polar surface area (TPSA) is 79.5 Å². The number of nitrogens with zero attached hydrogens (tertiary/aromatic N) is 1. The van der Waals surface area contributed by atoms with Gasteiger partial charge >= 0.3 is 0 Å². The molecule has 4 N–H and O–H groups in total. The zero-order valence-electron chi connectivity index (χ0n) is 13.3. The summed E-state index contributed by atoms with van der Waals surface area (Å²) in [6.07, 6.45) is 0. The van der Waals surface area contributed by atoms with Gasteiger partial charge in [-0.25, -0.2) is 4.39 Å². The molecular formula is C17H20FIN4O. The Kier molecular flexibility index (Phi) is 8.17. The standard InChI is InChI=1S/C17H19FN4O.HI/c1-20-17(22-11-13-4-8-15(18)9-5-13)21-10-12-2-6-14(7-3-12)16(19)23;/h2-9H,10-11H2,1H3,(H2,19,23)(H2,20,21,22);1H. The van der Waals surface area contributed by atoms with Crippen molar-refractivity contribution in [2.45, 2.75) is 13.1 Å². The number of primary amides is 1. The van der Waals surface area contributed by atoms with Crippen molar-refractivity contribution in [3.05, 3.63) is 71.0 Å². The second kappa shape index (κ2) is 9.86. The van der Waals surface area contributed by atoms with Crippen molar-refractivity contribution in [2.75, 3.05) is 7.05 Å². The highest BCUT2D eigenvalue weighted by Crippen LogP contribution is 2.04. The van der Waals surface area contributed by atoms with Gasteiger partial charge in [-0.2, -0.15) is 0 Å². The minimum Gasteiger partial charge on any atom is -0.366 e. The van der Waals surface area contributed by atoms with Crippen molar-refractivity contribution in [2.24, 2.45) is 10.7 Å². The molecule has 2 aromatic carbocycles. The van der Waals surface area contributed by atoms with E-state index in [9.17, 15) is 9.18 Å². The van der Waals surface area contributed by atoms with E-state index in [1.165, 1.54) is 12.1 Å². The van der Waals surface area contributed by atoms with Crippen LogP contribution < -0.4 is 16.4 Å². The summed E-state index contributed by atoms with van der Waals surface area (Å²) in [5, 5.41) is 6.31. The molecule has 24 heavy (non-hydrogen) atoms. The maximum absolute atomic E-state index is 12.9. The first kappa shape index (κ1) is 19.9. The van der Waals surface area contributed by atoms with Crippen LogP contribution in [0.4, 0.5) is 4.39 Å². The number of guanidine groups is 1. The van der Waals surface area contributed by atoms with Crippen LogP contribution >= 0.6 is 24.0 Å². The molecule has 5 nitrogen and oxygen atoms in total. The van der Waals surface area contributed by atoms with Gasteiger partial charge in [-0.15, -0.1) is 24.0 Å². The predicted molar refractivity (Wildman–Crippen MR) is 104 cm³/mol. The van der Waals surface area contributed by atoms with E-state index in [2.05, 4.69) is 15.6 Å². The molecule has 0 aliphatic heterocycles. The van der Waals surface area contributed by atoms with Crippen LogP contribution in [0.25, 0.3) is 0 Å². The molecular weight excluding hydrogens is 422 g/mol. The highest BCUT2D eigenvalue weighted by molar-refractivity contribution is 14.0. The normalized spacial score (nSPS) is 10.7. The molecule has 0 atom stereocenters. The van der Waals surface area contributed by atoms with E-state index in [-0.39, 0.29) is 29.8 Å². The van der Waals surface area contributed by atoms with Crippen molar-refractivity contribution >= 4 is 35.8 Å². The van der Waals surface area contributed by atoms with Crippen molar-refractivity contribution in [1.82, 2.24) is 10.6 Å². The molecule has 0 saturated heterocycles. The lowest BCUT2D eigenvalue weighted by atomic mass is 10.1. The Morgan fingerprint density at radius 2 is 1.46 bits per heavy atom. The van der Waals surface area contributed by atoms with Gasteiger partial charge in [0.1, 0.15) is 5.82 Å². The van der Waals surface area contributed by atoms with Crippen LogP contribution in [0, 0.1) is 5.82 Å². The maximum Gasteiger partial charge on any atom is 0.248 e. The lowest BCUT2D eigenvalue weighted by Gasteiger charge is -2.12. The molecule has 0 fully saturated rings. The zero-order valence-corrected chi connectivity index (χ0v) is 15.6. The summed E-state index contributed by atoms with van der Waals surface area (Å²) >= 11 is 0. The van der Waals surface area contributed by atoms with E-state index in [4.69, 9.17) is 5.73 Å². The Morgan fingerprint density at radius 1 is 1.00 bits per heavy atom. The van der Waals surface area contributed by atoms with Gasteiger partial charge < -0.3 is 16.4 Å². The number of amides is 1. The van der Waals surface area contributed by atoms with E-state index in [0.717, 1.165) is 11.1 Å². The third kappa shape index (κ3) is 6.15. The fourth-order valence-corrected chi connectivity index (χ4v) is 1.98. The van der Waals surface area contributed by atoms with E-state index < -0.39 is 5.91 Å². The molecule has 0 aliphatic carbocycles. The van der Waals surface area contributed by atoms with Crippen molar-refractivity contribution in [1.29, 1.82) is 0 Å². The molecule has 2 aromatic rings. The molecule has 0 spiro atoms. The molecule has 0 aromatic heterocycles. The first-order valence-corrected chi connectivity index (χ1v) is 7.16. The number of nitrogens with two attached hydrogens (primary N) is 1. The van der Waals surface area contributed by atoms with Gasteiger partial charge in [0.2, 0.25) is 5.91 Å². The predicted octanol–water partition coefficient (Wildman–Crippen LogP) is 2.41. The monoisotopic (exact) mass is 442 g/mol. The molecule has 2 rings (SSSR count). The summed E-state index contributed by atoms with van der Waals surface area (Å²) in [5.74, 6) is -0.0646. The molecule has 0 radical (unpaired) electrons. The second-order valence-corrected chi connectivity index (χ2v) is 4.97. The van der Waals surface area contributed by atoms with Gasteiger partial charge in [-0.05, 0) is 35.4 Å². The first-order valence-electron chi connectivity index (χ1n) is 7.16. The number of carbonyl (C=O) groups excluding carboxylic acids is 1. The number of carbonyl (C=O) groups is 1. The number of benzene rings is 2. The van der Waals surface area contributed by atoms with Gasteiger partial charge in [0.15, 0.2) is 5.96 Å². The molecule has 0 unspecified atom stereocenters. The molecule has 0 aliphatic rings. The first-order chi connectivity index (χ1) is 11.1. The average Bonchev–Trinajstić information content (AvgIpc) is 2.57. The highest BCUT2D eigenvalue weighted by atomic mass is 127. The Morgan fingerprint density at radius 3 is 1.88 bits per heavy atom. The number of hydrogen-bond acceptors (Lipinski definition) is 2. The SMILES string of the molecule is CN=C(NCc1ccc(F)cc1)NCc1ccc(C(N)=O)cc1.I. The van der Waals surface area contributed by atoms with Gasteiger partial charge in [-0.3, -0.25) is 9.79 Å². The Hall–Kier alpha value is -2.16. The highest BCUT2D eigenvalue weighted by Gasteiger charge is 2.02. The van der Waals surface area contributed by atoms with Crippen LogP contribution in [-0.2, 0) is 13.1 Å². The minimum atomic E-state index is -0.443. The number of nitrogens with one attached hydrogen (secondary N) is 2. The number of rotatable bonds is 5. The van der Waals surface area contributed by atoms with E-state index in [0.29, 0.717) is 24.6 Å². The fraction of sp³-hybridized carbons (Fsp3) is 0.176. The molecule has 7 heteroatoms. The van der Waals surface area contributed by atoms with Crippen LogP contribution in [0.2, 0.25) is 0 Å². The van der Waals surface area contributed by atoms with E-state index in [1.807, 2.05) is 12.1 Å². The summed E-state index contributed by atoms with van der Waals surface area (Å²) in [7, 11) is 1.68. The number of halogens is 2. The molecule has 0 saturated carbocycles. The lowest BCUT2D eigenvalue weighted by Crippen LogP contribution is -2.36. The van der Waals surface area contributed by atoms with Gasteiger partial charge in [0, 0.05) is 25.7 Å². The summed E-state index contributed by atoms with van der Waals surface area (Å²) in [4.78, 5) is 15.1. The van der Waals surface area contributed by atoms with Crippen molar-refractivity contribution in [3.8, 4) is 0 Å². The van der Waals surface area contributed by atoms with Gasteiger partial charge in [0.25, 0.3) is 0 Å². The van der Waals surface area contributed by atoms with Gasteiger partial charge in [0.05, 0.1) is 0 Å². The van der Waals surface area contributed by atoms with Gasteiger partial charge in [-0.1, -0.05) is 24.3 Å². The Labute approximate surface area is 157 Å². The van der Waals surface area contributed by atoms with Crippen LogP contribution in [0.15, 0.2) is 53.5 Å². The lowest BCUT2D eigenvalue weighted by molar-refractivity contribution is 0.100. The number of hydrogen-bond donors (Lipinski definition) is 3. The fourth-order valence-electron chi connectivity index (χ4n) is 1.98. The third-order valence-electron chi connectivity index (χ3n) is 3.30. The molecule has 1 amide bonds. The van der Waals surface area contributed by atoms with E-state index >= 15 is 0 Å². The molecule has 0 heterocycles. The third-order valence-corrected chi connectivity index (χ3v) is 3.30. The Balaban J connectivity index is 0.00000288. The zero-order chi connectivity index (χ0) is 16.7.